The summed E-state index contributed by atoms with van der Waals surface area (Å²) in [5.41, 5.74) is 0. The van der Waals surface area contributed by atoms with Crippen molar-refractivity contribution in [2.75, 3.05) is 0 Å². The maximum atomic E-state index is 12.1. The average Bonchev–Trinajstić information content (AvgIpc) is 2.61. The summed E-state index contributed by atoms with van der Waals surface area (Å²) in [6, 6.07) is 19.3. The molecular formula is C20H24O4Si2. The quantitative estimate of drug-likeness (QED) is 0.568. The van der Waals surface area contributed by atoms with E-state index in [2.05, 4.69) is 0 Å². The van der Waals surface area contributed by atoms with Gasteiger partial charge in [-0.3, -0.25) is 0 Å². The molecule has 0 amide bonds. The summed E-state index contributed by atoms with van der Waals surface area (Å²) >= 11 is 0. The van der Waals surface area contributed by atoms with Crippen LogP contribution in [0.2, 0.25) is 26.2 Å². The molecule has 0 heterocycles. The Hall–Kier alpha value is -2.45. The summed E-state index contributed by atoms with van der Waals surface area (Å²) in [5.74, 6) is -1.05. The number of rotatable bonds is 6. The molecule has 0 radical (unpaired) electrons. The van der Waals surface area contributed by atoms with Crippen molar-refractivity contribution in [1.29, 1.82) is 0 Å². The molecule has 0 aliphatic rings. The standard InChI is InChI=1S/C20H24O4Si2/c1-25(2,17-11-7-5-8-12-17)23-19(21)15-16-20(22)24-26(3,4)18-13-9-6-10-14-18/h5-16H,1-4H3/b16-15-. The molecule has 2 aromatic rings. The maximum absolute atomic E-state index is 12.1. The van der Waals surface area contributed by atoms with Gasteiger partial charge in [-0.05, 0) is 36.6 Å². The predicted octanol–water partition coefficient (Wildman–Crippen LogP) is 2.85. The first-order valence-electron chi connectivity index (χ1n) is 8.46. The Morgan fingerprint density at radius 3 is 1.27 bits per heavy atom. The lowest BCUT2D eigenvalue weighted by atomic mass is 10.4. The lowest BCUT2D eigenvalue weighted by Gasteiger charge is -2.23. The van der Waals surface area contributed by atoms with E-state index in [0.717, 1.165) is 22.5 Å². The molecule has 2 aromatic carbocycles. The SMILES string of the molecule is C[Si](C)(OC(=O)/C=C\C(=O)O[Si](C)(C)c1ccccc1)c1ccccc1. The van der Waals surface area contributed by atoms with Gasteiger partial charge >= 0.3 is 11.9 Å². The number of hydrogen-bond donors (Lipinski definition) is 0. The highest BCUT2D eigenvalue weighted by Gasteiger charge is 2.30. The highest BCUT2D eigenvalue weighted by atomic mass is 28.4. The summed E-state index contributed by atoms with van der Waals surface area (Å²) in [5, 5.41) is 2.03. The van der Waals surface area contributed by atoms with Crippen LogP contribution in [0.15, 0.2) is 72.8 Å². The molecule has 0 aliphatic heterocycles. The molecule has 0 N–H and O–H groups in total. The van der Waals surface area contributed by atoms with Crippen molar-refractivity contribution >= 4 is 38.9 Å². The van der Waals surface area contributed by atoms with Crippen molar-refractivity contribution < 1.29 is 18.4 Å². The van der Waals surface area contributed by atoms with Gasteiger partial charge in [-0.25, -0.2) is 9.59 Å². The molecule has 26 heavy (non-hydrogen) atoms. The van der Waals surface area contributed by atoms with E-state index in [4.69, 9.17) is 8.85 Å². The van der Waals surface area contributed by atoms with E-state index < -0.39 is 28.6 Å². The smallest absolute Gasteiger partial charge is 0.317 e. The molecule has 4 nitrogen and oxygen atoms in total. The van der Waals surface area contributed by atoms with E-state index in [-0.39, 0.29) is 0 Å². The van der Waals surface area contributed by atoms with Crippen LogP contribution in [-0.2, 0) is 18.4 Å². The van der Waals surface area contributed by atoms with Crippen LogP contribution in [0.5, 0.6) is 0 Å². The second-order valence-corrected chi connectivity index (χ2v) is 14.5. The fourth-order valence-electron chi connectivity index (χ4n) is 2.50. The molecule has 0 saturated carbocycles. The zero-order valence-electron chi connectivity index (χ0n) is 15.6. The van der Waals surface area contributed by atoms with Crippen LogP contribution < -0.4 is 10.4 Å². The third kappa shape index (κ3) is 5.54. The van der Waals surface area contributed by atoms with Gasteiger partial charge in [0.25, 0.3) is 16.6 Å². The topological polar surface area (TPSA) is 52.6 Å². The van der Waals surface area contributed by atoms with Crippen molar-refractivity contribution in [2.45, 2.75) is 26.2 Å². The van der Waals surface area contributed by atoms with Crippen LogP contribution in [0.3, 0.4) is 0 Å². The molecule has 0 fully saturated rings. The van der Waals surface area contributed by atoms with Crippen LogP contribution in [0.25, 0.3) is 0 Å². The first-order valence-corrected chi connectivity index (χ1v) is 14.3. The third-order valence-corrected chi connectivity index (χ3v) is 8.88. The first kappa shape index (κ1) is 19.9. The van der Waals surface area contributed by atoms with Gasteiger partial charge in [-0.15, -0.1) is 0 Å². The Bertz CT molecular complexity index is 716. The first-order chi connectivity index (χ1) is 12.2. The average molecular weight is 385 g/mol. The van der Waals surface area contributed by atoms with Crippen LogP contribution in [0, 0.1) is 0 Å². The molecule has 136 valence electrons. The minimum atomic E-state index is -2.36. The normalized spacial score (nSPS) is 12.0. The van der Waals surface area contributed by atoms with Crippen LogP contribution >= 0.6 is 0 Å². The lowest BCUT2D eigenvalue weighted by molar-refractivity contribution is -0.132. The molecular weight excluding hydrogens is 360 g/mol. The monoisotopic (exact) mass is 384 g/mol. The highest BCUT2D eigenvalue weighted by Crippen LogP contribution is 2.08. The van der Waals surface area contributed by atoms with Crippen molar-refractivity contribution in [2.24, 2.45) is 0 Å². The molecule has 2 rings (SSSR count). The van der Waals surface area contributed by atoms with Crippen molar-refractivity contribution in [3.05, 3.63) is 72.8 Å². The van der Waals surface area contributed by atoms with E-state index in [1.54, 1.807) is 0 Å². The Labute approximate surface area is 156 Å². The largest absolute Gasteiger partial charge is 0.512 e. The zero-order valence-corrected chi connectivity index (χ0v) is 17.6. The minimum Gasteiger partial charge on any atom is -0.512 e. The molecule has 0 unspecified atom stereocenters. The predicted molar refractivity (Wildman–Crippen MR) is 108 cm³/mol. The Balaban J connectivity index is 1.96. The van der Waals surface area contributed by atoms with Gasteiger partial charge in [-0.2, -0.15) is 0 Å². The fraction of sp³-hybridized carbons (Fsp3) is 0.200. The highest BCUT2D eigenvalue weighted by molar-refractivity contribution is 6.86. The maximum Gasteiger partial charge on any atom is 0.317 e. The molecule has 0 bridgehead atoms. The summed E-state index contributed by atoms with van der Waals surface area (Å²) in [7, 11) is -4.72. The summed E-state index contributed by atoms with van der Waals surface area (Å²) < 4.78 is 11.2. The third-order valence-electron chi connectivity index (χ3n) is 4.00. The fourth-order valence-corrected chi connectivity index (χ4v) is 5.87. The number of carbonyl (C=O) groups is 2. The van der Waals surface area contributed by atoms with Gasteiger partial charge in [0.15, 0.2) is 0 Å². The Morgan fingerprint density at radius 2 is 0.962 bits per heavy atom. The van der Waals surface area contributed by atoms with E-state index in [1.165, 1.54) is 0 Å². The van der Waals surface area contributed by atoms with E-state index in [1.807, 2.05) is 86.9 Å². The lowest BCUT2D eigenvalue weighted by Crippen LogP contribution is -2.46. The summed E-state index contributed by atoms with van der Waals surface area (Å²) in [6.45, 7) is 7.77. The second-order valence-electron chi connectivity index (χ2n) is 6.93. The van der Waals surface area contributed by atoms with Gasteiger partial charge in [0.1, 0.15) is 0 Å². The number of benzene rings is 2. The summed E-state index contributed by atoms with van der Waals surface area (Å²) in [4.78, 5) is 24.2. The van der Waals surface area contributed by atoms with Gasteiger partial charge in [0.2, 0.25) is 0 Å². The van der Waals surface area contributed by atoms with Gasteiger partial charge in [0, 0.05) is 12.2 Å². The van der Waals surface area contributed by atoms with Crippen LogP contribution in [-0.4, -0.2) is 28.6 Å². The van der Waals surface area contributed by atoms with E-state index >= 15 is 0 Å². The van der Waals surface area contributed by atoms with Gasteiger partial charge < -0.3 is 8.85 Å². The van der Waals surface area contributed by atoms with E-state index in [0.29, 0.717) is 0 Å². The van der Waals surface area contributed by atoms with Crippen molar-refractivity contribution in [3.8, 4) is 0 Å². The molecule has 0 aromatic heterocycles. The molecule has 6 heteroatoms. The van der Waals surface area contributed by atoms with E-state index in [9.17, 15) is 9.59 Å². The number of carbonyl (C=O) groups excluding carboxylic acids is 2. The molecule has 0 spiro atoms. The molecule has 0 aliphatic carbocycles. The Morgan fingerprint density at radius 1 is 0.654 bits per heavy atom. The van der Waals surface area contributed by atoms with Crippen LogP contribution in [0.4, 0.5) is 0 Å². The van der Waals surface area contributed by atoms with Crippen molar-refractivity contribution in [3.63, 3.8) is 0 Å². The van der Waals surface area contributed by atoms with Gasteiger partial charge in [-0.1, -0.05) is 60.7 Å². The zero-order chi connectivity index (χ0) is 19.2. The molecule has 0 saturated heterocycles. The molecule has 0 atom stereocenters. The van der Waals surface area contributed by atoms with Crippen molar-refractivity contribution in [1.82, 2.24) is 0 Å². The Kier molecular flexibility index (Phi) is 6.34. The van der Waals surface area contributed by atoms with Gasteiger partial charge in [0.05, 0.1) is 0 Å². The minimum absolute atomic E-state index is 0.526. The number of hydrogen-bond acceptors (Lipinski definition) is 4. The summed E-state index contributed by atoms with van der Waals surface area (Å²) in [6.07, 6.45) is 2.30. The second kappa shape index (κ2) is 8.29. The van der Waals surface area contributed by atoms with Crippen LogP contribution in [0.1, 0.15) is 0 Å².